The lowest BCUT2D eigenvalue weighted by atomic mass is 10.3. The van der Waals surface area contributed by atoms with Crippen LogP contribution in [0.3, 0.4) is 0 Å². The molecule has 2 rings (SSSR count). The molecule has 2 N–H and O–H groups in total. The van der Waals surface area contributed by atoms with E-state index < -0.39 is 17.1 Å². The van der Waals surface area contributed by atoms with Crippen molar-refractivity contribution in [3.8, 4) is 5.75 Å². The maximum Gasteiger partial charge on any atom is 0.291 e. The summed E-state index contributed by atoms with van der Waals surface area (Å²) < 4.78 is 12.6. The van der Waals surface area contributed by atoms with Crippen LogP contribution in [0.5, 0.6) is 5.75 Å². The third kappa shape index (κ3) is 1.24. The number of rotatable bonds is 0. The van der Waals surface area contributed by atoms with Gasteiger partial charge in [0.1, 0.15) is 11.5 Å². The van der Waals surface area contributed by atoms with Crippen LogP contribution in [0.4, 0.5) is 4.39 Å². The van der Waals surface area contributed by atoms with E-state index in [9.17, 15) is 9.18 Å². The SMILES string of the molecule is O=c1[nH]c2ncc(F)cc2cc1O. The number of nitrogens with one attached hydrogen (secondary N) is 1. The van der Waals surface area contributed by atoms with Crippen molar-refractivity contribution in [1.29, 1.82) is 0 Å². The number of aromatic nitrogens is 2. The molecule has 2 aromatic rings. The van der Waals surface area contributed by atoms with Crippen LogP contribution < -0.4 is 5.56 Å². The van der Waals surface area contributed by atoms with E-state index in [2.05, 4.69) is 9.97 Å². The maximum absolute atomic E-state index is 12.6. The fourth-order valence-electron chi connectivity index (χ4n) is 1.05. The number of nitrogens with zero attached hydrogens (tertiary/aromatic N) is 1. The summed E-state index contributed by atoms with van der Waals surface area (Å²) in [5.41, 5.74) is -0.379. The summed E-state index contributed by atoms with van der Waals surface area (Å²) >= 11 is 0. The number of hydrogen-bond donors (Lipinski definition) is 2. The Hall–Kier alpha value is -1.91. The molecule has 0 saturated heterocycles. The van der Waals surface area contributed by atoms with E-state index >= 15 is 0 Å². The summed E-state index contributed by atoms with van der Waals surface area (Å²) in [7, 11) is 0. The molecule has 0 aliphatic carbocycles. The van der Waals surface area contributed by atoms with Gasteiger partial charge >= 0.3 is 0 Å². The van der Waals surface area contributed by atoms with Gasteiger partial charge in [-0.15, -0.1) is 0 Å². The minimum absolute atomic E-state index is 0.254. The second-order valence-electron chi connectivity index (χ2n) is 2.58. The lowest BCUT2D eigenvalue weighted by Gasteiger charge is -1.96. The molecule has 0 spiro atoms. The van der Waals surface area contributed by atoms with Crippen molar-refractivity contribution in [2.75, 3.05) is 0 Å². The van der Waals surface area contributed by atoms with E-state index in [0.29, 0.717) is 5.39 Å². The highest BCUT2D eigenvalue weighted by Gasteiger charge is 2.02. The van der Waals surface area contributed by atoms with E-state index in [1.165, 1.54) is 12.1 Å². The number of aromatic hydroxyl groups is 1. The average Bonchev–Trinajstić information content (AvgIpc) is 2.08. The number of H-pyrrole nitrogens is 1. The number of pyridine rings is 2. The highest BCUT2D eigenvalue weighted by molar-refractivity contribution is 5.75. The third-order valence-electron chi connectivity index (χ3n) is 1.64. The molecule has 0 fully saturated rings. The van der Waals surface area contributed by atoms with Crippen LogP contribution in [0, 0.1) is 5.82 Å². The van der Waals surface area contributed by atoms with Gasteiger partial charge in [0.2, 0.25) is 0 Å². The first-order valence-corrected chi connectivity index (χ1v) is 3.54. The molecular formula is C8H5FN2O2. The van der Waals surface area contributed by atoms with Gasteiger partial charge < -0.3 is 10.1 Å². The predicted octanol–water partition coefficient (Wildman–Crippen LogP) is 0.768. The quantitative estimate of drug-likeness (QED) is 0.629. The minimum atomic E-state index is -0.633. The highest BCUT2D eigenvalue weighted by atomic mass is 19.1. The van der Waals surface area contributed by atoms with E-state index in [-0.39, 0.29) is 5.65 Å². The molecule has 0 aliphatic heterocycles. The normalized spacial score (nSPS) is 10.5. The van der Waals surface area contributed by atoms with E-state index in [1.54, 1.807) is 0 Å². The molecule has 2 aromatic heterocycles. The van der Waals surface area contributed by atoms with Gasteiger partial charge in [0.15, 0.2) is 5.75 Å². The zero-order valence-corrected chi connectivity index (χ0v) is 6.41. The van der Waals surface area contributed by atoms with Crippen molar-refractivity contribution in [2.24, 2.45) is 0 Å². The summed E-state index contributed by atoms with van der Waals surface area (Å²) in [4.78, 5) is 16.8. The monoisotopic (exact) mass is 180 g/mol. The second kappa shape index (κ2) is 2.55. The minimum Gasteiger partial charge on any atom is -0.503 e. The van der Waals surface area contributed by atoms with E-state index in [0.717, 1.165) is 6.20 Å². The summed E-state index contributed by atoms with van der Waals surface area (Å²) in [6, 6.07) is 2.35. The van der Waals surface area contributed by atoms with Crippen LogP contribution in [0.1, 0.15) is 0 Å². The molecule has 13 heavy (non-hydrogen) atoms. The van der Waals surface area contributed by atoms with Gasteiger partial charge in [-0.1, -0.05) is 0 Å². The fourth-order valence-corrected chi connectivity index (χ4v) is 1.05. The largest absolute Gasteiger partial charge is 0.503 e. The Bertz CT molecular complexity index is 521. The third-order valence-corrected chi connectivity index (χ3v) is 1.64. The first-order valence-electron chi connectivity index (χ1n) is 3.54. The van der Waals surface area contributed by atoms with Crippen LogP contribution in [0.25, 0.3) is 11.0 Å². The first kappa shape index (κ1) is 7.72. The van der Waals surface area contributed by atoms with Crippen molar-refractivity contribution in [3.05, 3.63) is 34.5 Å². The number of halogens is 1. The molecule has 0 bridgehead atoms. The fraction of sp³-hybridized carbons (Fsp3) is 0. The van der Waals surface area contributed by atoms with Crippen LogP contribution in [-0.4, -0.2) is 15.1 Å². The molecule has 0 radical (unpaired) electrons. The molecule has 0 atom stereocenters. The van der Waals surface area contributed by atoms with Crippen molar-refractivity contribution in [2.45, 2.75) is 0 Å². The predicted molar refractivity (Wildman–Crippen MR) is 44.0 cm³/mol. The standard InChI is InChI=1S/C8H5FN2O2/c9-5-1-4-2-6(12)8(13)11-7(4)10-3-5/h1-3,12H,(H,10,11,13). The van der Waals surface area contributed by atoms with Gasteiger partial charge in [0.05, 0.1) is 6.20 Å². The summed E-state index contributed by atoms with van der Waals surface area (Å²) in [5, 5.41) is 9.37. The second-order valence-corrected chi connectivity index (χ2v) is 2.58. The van der Waals surface area contributed by atoms with Gasteiger partial charge in [-0.2, -0.15) is 0 Å². The molecule has 2 heterocycles. The van der Waals surface area contributed by atoms with Gasteiger partial charge in [0.25, 0.3) is 5.56 Å². The lowest BCUT2D eigenvalue weighted by molar-refractivity contribution is 0.468. The Labute approximate surface area is 71.7 Å². The van der Waals surface area contributed by atoms with Crippen LogP contribution in [-0.2, 0) is 0 Å². The number of aromatic amines is 1. The molecule has 0 amide bonds. The summed E-state index contributed by atoms with van der Waals surface area (Å²) in [5.74, 6) is -0.959. The molecule has 4 nitrogen and oxygen atoms in total. The van der Waals surface area contributed by atoms with Crippen molar-refractivity contribution in [3.63, 3.8) is 0 Å². The van der Waals surface area contributed by atoms with Crippen LogP contribution >= 0.6 is 0 Å². The number of hydrogen-bond acceptors (Lipinski definition) is 3. The Morgan fingerprint density at radius 1 is 1.46 bits per heavy atom. The van der Waals surface area contributed by atoms with Crippen molar-refractivity contribution >= 4 is 11.0 Å². The Morgan fingerprint density at radius 3 is 3.00 bits per heavy atom. The highest BCUT2D eigenvalue weighted by Crippen LogP contribution is 2.12. The average molecular weight is 180 g/mol. The van der Waals surface area contributed by atoms with Crippen LogP contribution in [0.2, 0.25) is 0 Å². The van der Waals surface area contributed by atoms with E-state index in [4.69, 9.17) is 5.11 Å². The van der Waals surface area contributed by atoms with Gasteiger partial charge in [-0.25, -0.2) is 9.37 Å². The molecule has 0 unspecified atom stereocenters. The van der Waals surface area contributed by atoms with Gasteiger partial charge in [0, 0.05) is 5.39 Å². The lowest BCUT2D eigenvalue weighted by Crippen LogP contribution is -2.05. The Balaban J connectivity index is 2.89. The molecule has 66 valence electrons. The zero-order valence-electron chi connectivity index (χ0n) is 6.41. The molecular weight excluding hydrogens is 175 g/mol. The topological polar surface area (TPSA) is 66.0 Å². The van der Waals surface area contributed by atoms with Crippen molar-refractivity contribution in [1.82, 2.24) is 9.97 Å². The summed E-state index contributed by atoms with van der Waals surface area (Å²) in [6.07, 6.45) is 0.995. The smallest absolute Gasteiger partial charge is 0.291 e. The molecule has 0 saturated carbocycles. The zero-order chi connectivity index (χ0) is 9.42. The molecule has 0 aromatic carbocycles. The Kier molecular flexibility index (Phi) is 1.51. The number of fused-ring (bicyclic) bond motifs is 1. The molecule has 5 heteroatoms. The molecule has 0 aliphatic rings. The van der Waals surface area contributed by atoms with Gasteiger partial charge in [-0.3, -0.25) is 4.79 Å². The van der Waals surface area contributed by atoms with Crippen LogP contribution in [0.15, 0.2) is 23.1 Å². The maximum atomic E-state index is 12.6. The van der Waals surface area contributed by atoms with Crippen molar-refractivity contribution < 1.29 is 9.50 Å². The Morgan fingerprint density at radius 2 is 2.23 bits per heavy atom. The first-order chi connectivity index (χ1) is 6.16. The van der Waals surface area contributed by atoms with E-state index in [1.807, 2.05) is 0 Å². The summed E-state index contributed by atoms with van der Waals surface area (Å²) in [6.45, 7) is 0. The van der Waals surface area contributed by atoms with Gasteiger partial charge in [-0.05, 0) is 12.1 Å².